The molecule has 0 aliphatic heterocycles. The van der Waals surface area contributed by atoms with E-state index in [2.05, 4.69) is 4.98 Å². The van der Waals surface area contributed by atoms with E-state index in [1.54, 1.807) is 12.3 Å². The van der Waals surface area contributed by atoms with E-state index in [-0.39, 0.29) is 11.6 Å². The lowest BCUT2D eigenvalue weighted by Gasteiger charge is -2.20. The molecule has 1 atom stereocenters. The number of benzene rings is 2. The quantitative estimate of drug-likeness (QED) is 0.789. The maximum atomic E-state index is 11.4. The molecule has 1 heterocycles. The van der Waals surface area contributed by atoms with Gasteiger partial charge in [0.05, 0.1) is 0 Å². The van der Waals surface area contributed by atoms with Crippen molar-refractivity contribution in [3.63, 3.8) is 0 Å². The van der Waals surface area contributed by atoms with Crippen LogP contribution >= 0.6 is 11.6 Å². The van der Waals surface area contributed by atoms with Crippen LogP contribution in [0.2, 0.25) is 5.02 Å². The average molecular weight is 323 g/mol. The van der Waals surface area contributed by atoms with Crippen molar-refractivity contribution < 1.29 is 4.79 Å². The summed E-state index contributed by atoms with van der Waals surface area (Å²) in [6.07, 6.45) is 1.60. The zero-order chi connectivity index (χ0) is 16.2. The first-order valence-electron chi connectivity index (χ1n) is 7.22. The van der Waals surface area contributed by atoms with Gasteiger partial charge in [0.15, 0.2) is 0 Å². The number of carbonyl (C=O) groups excluding carboxylic acids is 1. The summed E-state index contributed by atoms with van der Waals surface area (Å²) in [7, 11) is 0. The van der Waals surface area contributed by atoms with Crippen LogP contribution in [-0.2, 0) is 0 Å². The van der Waals surface area contributed by atoms with E-state index in [1.165, 1.54) is 0 Å². The van der Waals surface area contributed by atoms with E-state index in [4.69, 9.17) is 17.3 Å². The third-order valence-corrected chi connectivity index (χ3v) is 4.06. The van der Waals surface area contributed by atoms with Crippen molar-refractivity contribution in [2.75, 3.05) is 0 Å². The number of aromatic nitrogens is 1. The molecule has 0 aliphatic rings. The summed E-state index contributed by atoms with van der Waals surface area (Å²) in [5, 5.41) is 0.679. The van der Waals surface area contributed by atoms with Crippen molar-refractivity contribution in [1.82, 2.24) is 4.98 Å². The fourth-order valence-electron chi connectivity index (χ4n) is 2.67. The van der Waals surface area contributed by atoms with Gasteiger partial charge in [-0.05, 0) is 34.9 Å². The Hall–Kier alpha value is -2.65. The highest BCUT2D eigenvalue weighted by Gasteiger charge is 2.20. The fourth-order valence-corrected chi connectivity index (χ4v) is 2.91. The Labute approximate surface area is 139 Å². The molecule has 0 aliphatic carbocycles. The SMILES string of the molecule is NC(=O)c1cc(C(c2ccccc2)c2ccccc2Cl)ccn1. The summed E-state index contributed by atoms with van der Waals surface area (Å²) >= 11 is 6.41. The van der Waals surface area contributed by atoms with Gasteiger partial charge in [0.1, 0.15) is 5.69 Å². The minimum absolute atomic E-state index is 0.0917. The smallest absolute Gasteiger partial charge is 0.267 e. The number of nitrogens with zero attached hydrogens (tertiary/aromatic N) is 1. The van der Waals surface area contributed by atoms with Crippen LogP contribution in [-0.4, -0.2) is 10.9 Å². The molecule has 4 heteroatoms. The van der Waals surface area contributed by atoms with Crippen LogP contribution < -0.4 is 5.73 Å². The second-order valence-electron chi connectivity index (χ2n) is 5.20. The van der Waals surface area contributed by atoms with Gasteiger partial charge in [-0.3, -0.25) is 9.78 Å². The van der Waals surface area contributed by atoms with E-state index < -0.39 is 5.91 Å². The van der Waals surface area contributed by atoms with Crippen LogP contribution in [0.5, 0.6) is 0 Å². The summed E-state index contributed by atoms with van der Waals surface area (Å²) in [6.45, 7) is 0. The summed E-state index contributed by atoms with van der Waals surface area (Å²) in [5.74, 6) is -0.635. The highest BCUT2D eigenvalue weighted by molar-refractivity contribution is 6.31. The topological polar surface area (TPSA) is 56.0 Å². The van der Waals surface area contributed by atoms with Gasteiger partial charge in [-0.2, -0.15) is 0 Å². The molecule has 0 bridgehead atoms. The van der Waals surface area contributed by atoms with E-state index in [0.29, 0.717) is 5.02 Å². The van der Waals surface area contributed by atoms with E-state index in [1.807, 2.05) is 60.7 Å². The molecular weight excluding hydrogens is 308 g/mol. The second-order valence-corrected chi connectivity index (χ2v) is 5.61. The standard InChI is InChI=1S/C19H15ClN2O/c20-16-9-5-4-8-15(16)18(13-6-2-1-3-7-13)14-10-11-22-17(12-14)19(21)23/h1-12,18H,(H2,21,23). The molecular formula is C19H15ClN2O. The summed E-state index contributed by atoms with van der Waals surface area (Å²) in [4.78, 5) is 15.5. The zero-order valence-electron chi connectivity index (χ0n) is 12.3. The third-order valence-electron chi connectivity index (χ3n) is 3.72. The van der Waals surface area contributed by atoms with Crippen molar-refractivity contribution in [2.45, 2.75) is 5.92 Å². The molecule has 3 nitrogen and oxygen atoms in total. The van der Waals surface area contributed by atoms with E-state index >= 15 is 0 Å². The predicted octanol–water partition coefficient (Wildman–Crippen LogP) is 4.01. The Morgan fingerprint density at radius 2 is 1.65 bits per heavy atom. The second kappa shape index (κ2) is 6.63. The molecule has 0 fully saturated rings. The maximum absolute atomic E-state index is 11.4. The van der Waals surface area contributed by atoms with Gasteiger partial charge in [-0.1, -0.05) is 60.1 Å². The first kappa shape index (κ1) is 15.3. The molecule has 0 spiro atoms. The molecule has 3 aromatic rings. The number of hydrogen-bond donors (Lipinski definition) is 1. The third kappa shape index (κ3) is 3.25. The predicted molar refractivity (Wildman–Crippen MR) is 91.6 cm³/mol. The van der Waals surface area contributed by atoms with Gasteiger partial charge in [0, 0.05) is 17.1 Å². The van der Waals surface area contributed by atoms with Crippen molar-refractivity contribution in [3.8, 4) is 0 Å². The molecule has 114 valence electrons. The molecule has 2 aromatic carbocycles. The number of carbonyl (C=O) groups is 1. The van der Waals surface area contributed by atoms with Crippen LogP contribution in [0, 0.1) is 0 Å². The highest BCUT2D eigenvalue weighted by atomic mass is 35.5. The average Bonchev–Trinajstić information content (AvgIpc) is 2.58. The number of amides is 1. The number of primary amides is 1. The monoisotopic (exact) mass is 322 g/mol. The van der Waals surface area contributed by atoms with Crippen LogP contribution in [0.4, 0.5) is 0 Å². The van der Waals surface area contributed by atoms with Gasteiger partial charge < -0.3 is 5.73 Å². The van der Waals surface area contributed by atoms with Crippen molar-refractivity contribution >= 4 is 17.5 Å². The van der Waals surface area contributed by atoms with Crippen molar-refractivity contribution in [3.05, 3.63) is 100 Å². The summed E-state index contributed by atoms with van der Waals surface area (Å²) in [5.41, 5.74) is 8.59. The van der Waals surface area contributed by atoms with Crippen molar-refractivity contribution in [2.24, 2.45) is 5.73 Å². The Kier molecular flexibility index (Phi) is 4.40. The Balaban J connectivity index is 2.19. The molecule has 0 saturated heterocycles. The van der Waals surface area contributed by atoms with Crippen LogP contribution in [0.15, 0.2) is 72.9 Å². The van der Waals surface area contributed by atoms with Crippen molar-refractivity contribution in [1.29, 1.82) is 0 Å². The fraction of sp³-hybridized carbons (Fsp3) is 0.0526. The normalized spacial score (nSPS) is 11.9. The molecule has 0 radical (unpaired) electrons. The minimum atomic E-state index is -0.544. The van der Waals surface area contributed by atoms with Gasteiger partial charge in [-0.15, -0.1) is 0 Å². The number of rotatable bonds is 4. The lowest BCUT2D eigenvalue weighted by molar-refractivity contribution is 0.0995. The van der Waals surface area contributed by atoms with Gasteiger partial charge in [0.2, 0.25) is 0 Å². The highest BCUT2D eigenvalue weighted by Crippen LogP contribution is 2.35. The summed E-state index contributed by atoms with van der Waals surface area (Å²) in [6, 6.07) is 21.3. The first-order chi connectivity index (χ1) is 11.2. The van der Waals surface area contributed by atoms with Gasteiger partial charge >= 0.3 is 0 Å². The number of halogens is 1. The zero-order valence-corrected chi connectivity index (χ0v) is 13.1. The number of nitrogens with two attached hydrogens (primary N) is 1. The van der Waals surface area contributed by atoms with E-state index in [0.717, 1.165) is 16.7 Å². The Morgan fingerprint density at radius 1 is 0.957 bits per heavy atom. The van der Waals surface area contributed by atoms with Gasteiger partial charge in [-0.25, -0.2) is 0 Å². The largest absolute Gasteiger partial charge is 0.364 e. The lowest BCUT2D eigenvalue weighted by Crippen LogP contribution is -2.14. The molecule has 2 N–H and O–H groups in total. The maximum Gasteiger partial charge on any atom is 0.267 e. The molecule has 0 saturated carbocycles. The Bertz CT molecular complexity index is 834. The van der Waals surface area contributed by atoms with Crippen LogP contribution in [0.25, 0.3) is 0 Å². The van der Waals surface area contributed by atoms with Crippen LogP contribution in [0.1, 0.15) is 33.1 Å². The lowest BCUT2D eigenvalue weighted by atomic mass is 9.85. The first-order valence-corrected chi connectivity index (χ1v) is 7.59. The molecule has 1 amide bonds. The molecule has 1 aromatic heterocycles. The molecule has 3 rings (SSSR count). The number of hydrogen-bond acceptors (Lipinski definition) is 2. The summed E-state index contributed by atoms with van der Waals surface area (Å²) < 4.78 is 0. The van der Waals surface area contributed by atoms with Crippen LogP contribution in [0.3, 0.4) is 0 Å². The minimum Gasteiger partial charge on any atom is -0.364 e. The molecule has 23 heavy (non-hydrogen) atoms. The van der Waals surface area contributed by atoms with E-state index in [9.17, 15) is 4.79 Å². The Morgan fingerprint density at radius 3 is 2.35 bits per heavy atom. The van der Waals surface area contributed by atoms with Gasteiger partial charge in [0.25, 0.3) is 5.91 Å². The number of pyridine rings is 1. The molecule has 1 unspecified atom stereocenters.